The third kappa shape index (κ3) is 6.81. The third-order valence-electron chi connectivity index (χ3n) is 1.28. The Balaban J connectivity index is 3.20. The highest BCUT2D eigenvalue weighted by Crippen LogP contribution is 2.00. The van der Waals surface area contributed by atoms with Crippen LogP contribution < -0.4 is 0 Å². The van der Waals surface area contributed by atoms with Gasteiger partial charge in [0, 0.05) is 12.8 Å². The van der Waals surface area contributed by atoms with Crippen LogP contribution in [0.15, 0.2) is 12.7 Å². The molecule has 0 atom stereocenters. The molecular formula is C9H13NO2. The average molecular weight is 167 g/mol. The zero-order valence-electron chi connectivity index (χ0n) is 7.08. The van der Waals surface area contributed by atoms with E-state index in [4.69, 9.17) is 10.00 Å². The molecule has 0 aliphatic heterocycles. The third-order valence-corrected chi connectivity index (χ3v) is 1.28. The van der Waals surface area contributed by atoms with E-state index in [9.17, 15) is 4.79 Å². The zero-order chi connectivity index (χ0) is 9.23. The molecule has 12 heavy (non-hydrogen) atoms. The second-order valence-electron chi connectivity index (χ2n) is 2.34. The van der Waals surface area contributed by atoms with Crippen molar-refractivity contribution >= 4 is 5.97 Å². The highest BCUT2D eigenvalue weighted by molar-refractivity contribution is 5.69. The lowest BCUT2D eigenvalue weighted by Gasteiger charge is -1.99. The van der Waals surface area contributed by atoms with Crippen LogP contribution in [0.4, 0.5) is 0 Å². The Morgan fingerprint density at radius 3 is 2.92 bits per heavy atom. The first-order chi connectivity index (χ1) is 5.81. The van der Waals surface area contributed by atoms with E-state index in [1.165, 1.54) is 6.08 Å². The van der Waals surface area contributed by atoms with Crippen molar-refractivity contribution in [1.29, 1.82) is 5.26 Å². The number of carbonyl (C=O) groups is 1. The summed E-state index contributed by atoms with van der Waals surface area (Å²) in [5, 5.41) is 8.19. The highest BCUT2D eigenvalue weighted by atomic mass is 16.5. The van der Waals surface area contributed by atoms with Gasteiger partial charge in [-0.25, -0.2) is 0 Å². The number of hydrogen-bond donors (Lipinski definition) is 0. The van der Waals surface area contributed by atoms with E-state index >= 15 is 0 Å². The maximum absolute atomic E-state index is 10.8. The summed E-state index contributed by atoms with van der Waals surface area (Å²) in [5.74, 6) is -0.215. The minimum Gasteiger partial charge on any atom is -0.461 e. The van der Waals surface area contributed by atoms with E-state index in [0.29, 0.717) is 12.8 Å². The van der Waals surface area contributed by atoms with Gasteiger partial charge in [0.25, 0.3) is 0 Å². The summed E-state index contributed by atoms with van der Waals surface area (Å²) < 4.78 is 4.73. The number of carbonyl (C=O) groups excluding carboxylic acids is 1. The Bertz CT molecular complexity index is 181. The number of nitrogens with zero attached hydrogens (tertiary/aromatic N) is 1. The molecule has 0 aromatic carbocycles. The second kappa shape index (κ2) is 7.80. The van der Waals surface area contributed by atoms with Crippen LogP contribution in [-0.4, -0.2) is 12.6 Å². The van der Waals surface area contributed by atoms with E-state index in [2.05, 4.69) is 6.58 Å². The van der Waals surface area contributed by atoms with Crippen molar-refractivity contribution in [3.63, 3.8) is 0 Å². The van der Waals surface area contributed by atoms with Gasteiger partial charge in [-0.1, -0.05) is 12.7 Å². The lowest BCUT2D eigenvalue weighted by molar-refractivity contribution is -0.142. The summed E-state index contributed by atoms with van der Waals surface area (Å²) in [6.07, 6.45) is 3.93. The summed E-state index contributed by atoms with van der Waals surface area (Å²) in [4.78, 5) is 10.8. The first kappa shape index (κ1) is 10.7. The average Bonchev–Trinajstić information content (AvgIpc) is 2.09. The summed E-state index contributed by atoms with van der Waals surface area (Å²) in [6.45, 7) is 3.70. The van der Waals surface area contributed by atoms with Crippen molar-refractivity contribution in [3.05, 3.63) is 12.7 Å². The van der Waals surface area contributed by atoms with Crippen LogP contribution in [0.1, 0.15) is 25.7 Å². The molecule has 0 amide bonds. The van der Waals surface area contributed by atoms with E-state index in [1.54, 1.807) is 0 Å². The topological polar surface area (TPSA) is 50.1 Å². The van der Waals surface area contributed by atoms with Gasteiger partial charge in [-0.05, 0) is 12.8 Å². The Hall–Kier alpha value is -1.30. The number of hydrogen-bond acceptors (Lipinski definition) is 3. The molecule has 3 heteroatoms. The zero-order valence-corrected chi connectivity index (χ0v) is 7.08. The molecule has 0 bridgehead atoms. The molecule has 0 aromatic heterocycles. The van der Waals surface area contributed by atoms with Gasteiger partial charge < -0.3 is 4.74 Å². The molecule has 3 nitrogen and oxygen atoms in total. The molecule has 0 N–H and O–H groups in total. The molecule has 0 aliphatic carbocycles. The SMILES string of the molecule is C=CCOC(=O)CCCCC#N. The lowest BCUT2D eigenvalue weighted by atomic mass is 10.2. The fraction of sp³-hybridized carbons (Fsp3) is 0.556. The van der Waals surface area contributed by atoms with Crippen molar-refractivity contribution in [2.45, 2.75) is 25.7 Å². The minimum atomic E-state index is -0.215. The van der Waals surface area contributed by atoms with Crippen molar-refractivity contribution in [2.24, 2.45) is 0 Å². The van der Waals surface area contributed by atoms with E-state index in [0.717, 1.165) is 12.8 Å². The van der Waals surface area contributed by atoms with Gasteiger partial charge in [-0.15, -0.1) is 0 Å². The number of nitriles is 1. The van der Waals surface area contributed by atoms with Gasteiger partial charge in [-0.2, -0.15) is 5.26 Å². The fourth-order valence-electron chi connectivity index (χ4n) is 0.697. The summed E-state index contributed by atoms with van der Waals surface area (Å²) >= 11 is 0. The highest BCUT2D eigenvalue weighted by Gasteiger charge is 1.99. The standard InChI is InChI=1S/C9H13NO2/c1-2-8-12-9(11)6-4-3-5-7-10/h2H,1,3-6,8H2. The molecule has 66 valence electrons. The molecule has 0 spiro atoms. The Kier molecular flexibility index (Phi) is 6.96. The smallest absolute Gasteiger partial charge is 0.306 e. The summed E-state index contributed by atoms with van der Waals surface area (Å²) in [7, 11) is 0. The van der Waals surface area contributed by atoms with Crippen LogP contribution in [0.5, 0.6) is 0 Å². The normalized spacial score (nSPS) is 8.58. The molecule has 0 saturated carbocycles. The van der Waals surface area contributed by atoms with Crippen LogP contribution in [0.3, 0.4) is 0 Å². The molecule has 0 unspecified atom stereocenters. The van der Waals surface area contributed by atoms with Crippen molar-refractivity contribution in [2.75, 3.05) is 6.61 Å². The minimum absolute atomic E-state index is 0.215. The quantitative estimate of drug-likeness (QED) is 0.344. The monoisotopic (exact) mass is 167 g/mol. The fourth-order valence-corrected chi connectivity index (χ4v) is 0.697. The Labute approximate surface area is 72.6 Å². The van der Waals surface area contributed by atoms with E-state index in [1.807, 2.05) is 6.07 Å². The molecule has 0 saturated heterocycles. The second-order valence-corrected chi connectivity index (χ2v) is 2.34. The van der Waals surface area contributed by atoms with Gasteiger partial charge in [-0.3, -0.25) is 4.79 Å². The maximum Gasteiger partial charge on any atom is 0.306 e. The lowest BCUT2D eigenvalue weighted by Crippen LogP contribution is -2.03. The summed E-state index contributed by atoms with van der Waals surface area (Å²) in [6, 6.07) is 2.02. The Morgan fingerprint density at radius 1 is 1.58 bits per heavy atom. The molecule has 0 fully saturated rings. The largest absolute Gasteiger partial charge is 0.461 e. The van der Waals surface area contributed by atoms with Crippen LogP contribution in [0.25, 0.3) is 0 Å². The van der Waals surface area contributed by atoms with Crippen molar-refractivity contribution in [3.8, 4) is 6.07 Å². The predicted octanol–water partition coefficient (Wildman–Crippen LogP) is 1.80. The molecular weight excluding hydrogens is 154 g/mol. The van der Waals surface area contributed by atoms with Gasteiger partial charge in [0.05, 0.1) is 6.07 Å². The van der Waals surface area contributed by atoms with Crippen LogP contribution >= 0.6 is 0 Å². The molecule has 0 heterocycles. The first-order valence-electron chi connectivity index (χ1n) is 3.94. The number of unbranched alkanes of at least 4 members (excludes halogenated alkanes) is 2. The van der Waals surface area contributed by atoms with Crippen LogP contribution in [-0.2, 0) is 9.53 Å². The van der Waals surface area contributed by atoms with E-state index in [-0.39, 0.29) is 12.6 Å². The van der Waals surface area contributed by atoms with Gasteiger partial charge in [0.2, 0.25) is 0 Å². The number of esters is 1. The van der Waals surface area contributed by atoms with Crippen LogP contribution in [0, 0.1) is 11.3 Å². The molecule has 0 rings (SSSR count). The van der Waals surface area contributed by atoms with Crippen molar-refractivity contribution in [1.82, 2.24) is 0 Å². The number of ether oxygens (including phenoxy) is 1. The molecule has 0 radical (unpaired) electrons. The first-order valence-corrected chi connectivity index (χ1v) is 3.94. The molecule has 0 aliphatic rings. The maximum atomic E-state index is 10.8. The van der Waals surface area contributed by atoms with Crippen LogP contribution in [0.2, 0.25) is 0 Å². The van der Waals surface area contributed by atoms with Gasteiger partial charge in [0.1, 0.15) is 6.61 Å². The summed E-state index contributed by atoms with van der Waals surface area (Å²) in [5.41, 5.74) is 0. The predicted molar refractivity (Wildman–Crippen MR) is 45.2 cm³/mol. The van der Waals surface area contributed by atoms with Crippen molar-refractivity contribution < 1.29 is 9.53 Å². The van der Waals surface area contributed by atoms with E-state index < -0.39 is 0 Å². The number of rotatable bonds is 6. The van der Waals surface area contributed by atoms with Gasteiger partial charge in [0.15, 0.2) is 0 Å². The Morgan fingerprint density at radius 2 is 2.33 bits per heavy atom. The molecule has 0 aromatic rings. The van der Waals surface area contributed by atoms with Gasteiger partial charge >= 0.3 is 5.97 Å².